The van der Waals surface area contributed by atoms with Crippen molar-refractivity contribution in [1.82, 2.24) is 10.2 Å². The second kappa shape index (κ2) is 7.59. The SMILES string of the molecule is COc1cc(C=Nc2n[nH]c(Nc3cccc(Cl)c3)c2C#N)ccc1O. The summed E-state index contributed by atoms with van der Waals surface area (Å²) in [5.41, 5.74) is 1.68. The molecule has 0 fully saturated rings. The molecule has 0 spiro atoms. The van der Waals surface area contributed by atoms with Crippen molar-refractivity contribution >= 4 is 35.1 Å². The first-order valence-electron chi connectivity index (χ1n) is 7.53. The molecule has 0 unspecified atom stereocenters. The highest BCUT2D eigenvalue weighted by atomic mass is 35.5. The molecule has 1 aromatic heterocycles. The minimum atomic E-state index is 0.0372. The number of nitriles is 1. The largest absolute Gasteiger partial charge is 0.504 e. The van der Waals surface area contributed by atoms with Crippen LogP contribution in [0.15, 0.2) is 47.5 Å². The number of nitrogens with one attached hydrogen (secondary N) is 2. The number of rotatable bonds is 5. The van der Waals surface area contributed by atoms with Crippen molar-refractivity contribution < 1.29 is 9.84 Å². The average Bonchev–Trinajstić information content (AvgIpc) is 3.02. The van der Waals surface area contributed by atoms with Crippen LogP contribution in [0.5, 0.6) is 11.5 Å². The van der Waals surface area contributed by atoms with E-state index in [0.717, 1.165) is 5.69 Å². The van der Waals surface area contributed by atoms with Gasteiger partial charge >= 0.3 is 0 Å². The smallest absolute Gasteiger partial charge is 0.193 e. The van der Waals surface area contributed by atoms with Crippen molar-refractivity contribution in [2.45, 2.75) is 0 Å². The zero-order valence-corrected chi connectivity index (χ0v) is 14.4. The summed E-state index contributed by atoms with van der Waals surface area (Å²) in [5, 5.41) is 29.5. The van der Waals surface area contributed by atoms with Gasteiger partial charge in [-0.15, -0.1) is 0 Å². The third-order valence-corrected chi connectivity index (χ3v) is 3.73. The van der Waals surface area contributed by atoms with Gasteiger partial charge < -0.3 is 15.2 Å². The Morgan fingerprint density at radius 3 is 2.92 bits per heavy atom. The van der Waals surface area contributed by atoms with E-state index in [2.05, 4.69) is 26.6 Å². The number of phenolic OH excluding ortho intramolecular Hbond substituents is 1. The van der Waals surface area contributed by atoms with Gasteiger partial charge in [0.25, 0.3) is 0 Å². The van der Waals surface area contributed by atoms with Crippen LogP contribution in [0.2, 0.25) is 5.02 Å². The quantitative estimate of drug-likeness (QED) is 0.587. The van der Waals surface area contributed by atoms with Gasteiger partial charge in [-0.25, -0.2) is 4.99 Å². The van der Waals surface area contributed by atoms with Gasteiger partial charge in [-0.05, 0) is 42.0 Å². The van der Waals surface area contributed by atoms with Gasteiger partial charge in [0.1, 0.15) is 17.5 Å². The number of hydrogen-bond donors (Lipinski definition) is 3. The molecule has 0 radical (unpaired) electrons. The molecular weight excluding hydrogens is 354 g/mol. The second-order valence-corrected chi connectivity index (χ2v) is 5.67. The molecule has 0 aliphatic carbocycles. The number of nitrogens with zero attached hydrogens (tertiary/aromatic N) is 3. The van der Waals surface area contributed by atoms with Crippen LogP contribution in [0.25, 0.3) is 0 Å². The van der Waals surface area contributed by atoms with Gasteiger partial charge in [0.05, 0.1) is 7.11 Å². The number of H-pyrrole nitrogens is 1. The van der Waals surface area contributed by atoms with Crippen LogP contribution < -0.4 is 10.1 Å². The number of methoxy groups -OCH3 is 1. The van der Waals surface area contributed by atoms with E-state index in [-0.39, 0.29) is 17.1 Å². The van der Waals surface area contributed by atoms with Crippen LogP contribution in [0, 0.1) is 11.3 Å². The fraction of sp³-hybridized carbons (Fsp3) is 0.0556. The first-order valence-corrected chi connectivity index (χ1v) is 7.90. The van der Waals surface area contributed by atoms with E-state index in [0.29, 0.717) is 22.2 Å². The van der Waals surface area contributed by atoms with Gasteiger partial charge in [0.15, 0.2) is 17.3 Å². The monoisotopic (exact) mass is 367 g/mol. The Hall–Kier alpha value is -3.50. The number of phenols is 1. The molecule has 8 heteroatoms. The molecule has 3 rings (SSSR count). The van der Waals surface area contributed by atoms with Crippen molar-refractivity contribution in [1.29, 1.82) is 5.26 Å². The molecule has 3 aromatic rings. The fourth-order valence-electron chi connectivity index (χ4n) is 2.24. The van der Waals surface area contributed by atoms with E-state index in [1.165, 1.54) is 19.4 Å². The molecule has 1 heterocycles. The minimum absolute atomic E-state index is 0.0372. The van der Waals surface area contributed by atoms with Gasteiger partial charge in [0.2, 0.25) is 0 Å². The summed E-state index contributed by atoms with van der Waals surface area (Å²) in [6, 6.07) is 14.0. The lowest BCUT2D eigenvalue weighted by atomic mass is 10.2. The predicted octanol–water partition coefficient (Wildman–Crippen LogP) is 4.14. The number of halogens is 1. The average molecular weight is 368 g/mol. The van der Waals surface area contributed by atoms with Crippen LogP contribution in [0.1, 0.15) is 11.1 Å². The Morgan fingerprint density at radius 1 is 1.35 bits per heavy atom. The predicted molar refractivity (Wildman–Crippen MR) is 100.0 cm³/mol. The maximum atomic E-state index is 9.62. The number of ether oxygens (including phenoxy) is 1. The van der Waals surface area contributed by atoms with Gasteiger partial charge in [0, 0.05) is 16.9 Å². The molecule has 26 heavy (non-hydrogen) atoms. The van der Waals surface area contributed by atoms with E-state index >= 15 is 0 Å². The molecular formula is C18H14ClN5O2. The fourth-order valence-corrected chi connectivity index (χ4v) is 2.43. The number of aromatic nitrogens is 2. The van der Waals surface area contributed by atoms with Crippen molar-refractivity contribution in [3.63, 3.8) is 0 Å². The Kier molecular flexibility index (Phi) is 5.06. The lowest BCUT2D eigenvalue weighted by molar-refractivity contribution is 0.373. The third-order valence-electron chi connectivity index (χ3n) is 3.49. The van der Waals surface area contributed by atoms with Gasteiger partial charge in [-0.2, -0.15) is 10.4 Å². The summed E-state index contributed by atoms with van der Waals surface area (Å²) >= 11 is 5.96. The molecule has 0 bridgehead atoms. The first-order chi connectivity index (χ1) is 12.6. The zero-order valence-electron chi connectivity index (χ0n) is 13.7. The Balaban J connectivity index is 1.85. The summed E-state index contributed by atoms with van der Waals surface area (Å²) in [5.74, 6) is 1.03. The maximum Gasteiger partial charge on any atom is 0.193 e. The Morgan fingerprint density at radius 2 is 2.19 bits per heavy atom. The lowest BCUT2D eigenvalue weighted by Gasteiger charge is -2.04. The summed E-state index contributed by atoms with van der Waals surface area (Å²) in [6.07, 6.45) is 1.53. The van der Waals surface area contributed by atoms with Crippen LogP contribution >= 0.6 is 11.6 Å². The number of aromatic hydroxyl groups is 1. The molecule has 0 amide bonds. The summed E-state index contributed by atoms with van der Waals surface area (Å²) in [7, 11) is 1.46. The molecule has 3 N–H and O–H groups in total. The lowest BCUT2D eigenvalue weighted by Crippen LogP contribution is -1.92. The standard InChI is InChI=1S/C18H14ClN5O2/c1-26-16-7-11(5-6-15(16)25)10-21-17-14(9-20)18(24-23-17)22-13-4-2-3-12(19)8-13/h2-8,10,25H,1H3,(H2,22,23,24). The molecule has 0 saturated carbocycles. The molecule has 7 nitrogen and oxygen atoms in total. The highest BCUT2D eigenvalue weighted by Crippen LogP contribution is 2.28. The minimum Gasteiger partial charge on any atom is -0.504 e. The van der Waals surface area contributed by atoms with Crippen molar-refractivity contribution in [3.8, 4) is 17.6 Å². The molecule has 0 aliphatic rings. The van der Waals surface area contributed by atoms with E-state index < -0.39 is 0 Å². The number of hydrogen-bond acceptors (Lipinski definition) is 6. The van der Waals surface area contributed by atoms with E-state index in [1.54, 1.807) is 30.3 Å². The molecule has 2 aromatic carbocycles. The van der Waals surface area contributed by atoms with Crippen molar-refractivity contribution in [2.75, 3.05) is 12.4 Å². The second-order valence-electron chi connectivity index (χ2n) is 5.23. The van der Waals surface area contributed by atoms with Crippen LogP contribution in [0.4, 0.5) is 17.3 Å². The summed E-state index contributed by atoms with van der Waals surface area (Å²) in [6.45, 7) is 0. The van der Waals surface area contributed by atoms with Gasteiger partial charge in [-0.3, -0.25) is 5.10 Å². The molecule has 130 valence electrons. The first kappa shape index (κ1) is 17.3. The maximum absolute atomic E-state index is 9.62. The Labute approximate surface area is 154 Å². The highest BCUT2D eigenvalue weighted by molar-refractivity contribution is 6.30. The normalized spacial score (nSPS) is 10.7. The summed E-state index contributed by atoms with van der Waals surface area (Å²) in [4.78, 5) is 4.24. The molecule has 0 atom stereocenters. The topological polar surface area (TPSA) is 106 Å². The van der Waals surface area contributed by atoms with E-state index in [9.17, 15) is 10.4 Å². The van der Waals surface area contributed by atoms with E-state index in [1.807, 2.05) is 6.07 Å². The third kappa shape index (κ3) is 3.77. The van der Waals surface area contributed by atoms with Crippen molar-refractivity contribution in [3.05, 3.63) is 58.6 Å². The van der Waals surface area contributed by atoms with E-state index in [4.69, 9.17) is 16.3 Å². The molecule has 0 aliphatic heterocycles. The molecule has 0 saturated heterocycles. The summed E-state index contributed by atoms with van der Waals surface area (Å²) < 4.78 is 5.06. The van der Waals surface area contributed by atoms with Crippen LogP contribution in [-0.4, -0.2) is 28.6 Å². The number of aromatic amines is 1. The number of aliphatic imine (C=N–C) groups is 1. The number of benzene rings is 2. The number of anilines is 2. The van der Waals surface area contributed by atoms with Gasteiger partial charge in [-0.1, -0.05) is 17.7 Å². The van der Waals surface area contributed by atoms with Crippen LogP contribution in [-0.2, 0) is 0 Å². The van der Waals surface area contributed by atoms with Crippen LogP contribution in [0.3, 0.4) is 0 Å². The Bertz CT molecular complexity index is 1010. The zero-order chi connectivity index (χ0) is 18.5. The van der Waals surface area contributed by atoms with Crippen molar-refractivity contribution in [2.24, 2.45) is 4.99 Å². The highest BCUT2D eigenvalue weighted by Gasteiger charge is 2.12.